The summed E-state index contributed by atoms with van der Waals surface area (Å²) in [7, 11) is 0. The van der Waals surface area contributed by atoms with E-state index in [0.717, 1.165) is 18.2 Å². The van der Waals surface area contributed by atoms with E-state index in [9.17, 15) is 23.1 Å². The van der Waals surface area contributed by atoms with Gasteiger partial charge in [-0.3, -0.25) is 0 Å². The molecule has 6 heteroatoms. The summed E-state index contributed by atoms with van der Waals surface area (Å²) in [6.07, 6.45) is -2.25. The van der Waals surface area contributed by atoms with Crippen molar-refractivity contribution in [3.05, 3.63) is 65.7 Å². The maximum atomic E-state index is 12.6. The van der Waals surface area contributed by atoms with Crippen molar-refractivity contribution in [2.24, 2.45) is 0 Å². The van der Waals surface area contributed by atoms with Gasteiger partial charge in [-0.25, -0.2) is 4.79 Å². The van der Waals surface area contributed by atoms with E-state index in [4.69, 9.17) is 4.74 Å². The van der Waals surface area contributed by atoms with Crippen LogP contribution in [-0.4, -0.2) is 11.1 Å². The van der Waals surface area contributed by atoms with E-state index < -0.39 is 17.7 Å². The molecule has 3 nitrogen and oxygen atoms in total. The molecule has 2 rings (SSSR count). The van der Waals surface area contributed by atoms with Crippen LogP contribution in [0.3, 0.4) is 0 Å². The second-order valence-electron chi connectivity index (χ2n) is 4.35. The first-order valence-corrected chi connectivity index (χ1v) is 6.21. The summed E-state index contributed by atoms with van der Waals surface area (Å²) in [5.41, 5.74) is -0.590. The molecular formula is C16H11F3O3. The predicted molar refractivity (Wildman–Crippen MR) is 74.2 cm³/mol. The van der Waals surface area contributed by atoms with E-state index in [1.54, 1.807) is 12.1 Å². The van der Waals surface area contributed by atoms with E-state index in [0.29, 0.717) is 0 Å². The smallest absolute Gasteiger partial charge is 0.416 e. The Hall–Kier alpha value is -2.76. The van der Waals surface area contributed by atoms with Gasteiger partial charge in [-0.05, 0) is 35.9 Å². The molecule has 0 saturated carbocycles. The summed E-state index contributed by atoms with van der Waals surface area (Å²) in [5.74, 6) is -1.04. The average Bonchev–Trinajstić information content (AvgIpc) is 2.47. The highest BCUT2D eigenvalue weighted by atomic mass is 19.4. The molecule has 0 amide bonds. The lowest BCUT2D eigenvalue weighted by Gasteiger charge is -2.06. The van der Waals surface area contributed by atoms with E-state index in [1.165, 1.54) is 30.3 Å². The summed E-state index contributed by atoms with van der Waals surface area (Å²) in [4.78, 5) is 11.6. The van der Waals surface area contributed by atoms with Gasteiger partial charge in [-0.15, -0.1) is 0 Å². The molecule has 0 atom stereocenters. The van der Waals surface area contributed by atoms with Crippen molar-refractivity contribution < 1.29 is 27.8 Å². The van der Waals surface area contributed by atoms with Crippen LogP contribution in [-0.2, 0) is 11.0 Å². The highest BCUT2D eigenvalue weighted by molar-refractivity contribution is 5.89. The van der Waals surface area contributed by atoms with Crippen LogP contribution in [0.2, 0.25) is 0 Å². The zero-order chi connectivity index (χ0) is 16.2. The highest BCUT2D eigenvalue weighted by Crippen LogP contribution is 2.29. The van der Waals surface area contributed by atoms with Crippen molar-refractivity contribution in [3.63, 3.8) is 0 Å². The molecule has 2 aromatic rings. The van der Waals surface area contributed by atoms with E-state index in [-0.39, 0.29) is 17.1 Å². The number of esters is 1. The zero-order valence-corrected chi connectivity index (χ0v) is 11.2. The minimum absolute atomic E-state index is 0.0267. The van der Waals surface area contributed by atoms with Gasteiger partial charge < -0.3 is 9.84 Å². The Kier molecular flexibility index (Phi) is 4.50. The Morgan fingerprint density at radius 2 is 1.82 bits per heavy atom. The Morgan fingerprint density at radius 3 is 2.50 bits per heavy atom. The van der Waals surface area contributed by atoms with Crippen molar-refractivity contribution in [2.75, 3.05) is 0 Å². The SMILES string of the molecule is O=C(/C=C/c1cccc(C(F)(F)F)c1)Oc1ccccc1O. The van der Waals surface area contributed by atoms with Crippen LogP contribution in [0.4, 0.5) is 13.2 Å². The lowest BCUT2D eigenvalue weighted by Crippen LogP contribution is -2.05. The maximum absolute atomic E-state index is 12.6. The monoisotopic (exact) mass is 308 g/mol. The van der Waals surface area contributed by atoms with E-state index in [2.05, 4.69) is 0 Å². The van der Waals surface area contributed by atoms with Crippen LogP contribution >= 0.6 is 0 Å². The number of hydrogen-bond acceptors (Lipinski definition) is 3. The van der Waals surface area contributed by atoms with Gasteiger partial charge in [0.1, 0.15) is 0 Å². The first kappa shape index (κ1) is 15.6. The summed E-state index contributed by atoms with van der Waals surface area (Å²) >= 11 is 0. The molecule has 0 unspecified atom stereocenters. The third kappa shape index (κ3) is 4.12. The lowest BCUT2D eigenvalue weighted by atomic mass is 10.1. The van der Waals surface area contributed by atoms with E-state index >= 15 is 0 Å². The van der Waals surface area contributed by atoms with Crippen molar-refractivity contribution in [3.8, 4) is 11.5 Å². The number of carbonyl (C=O) groups is 1. The summed E-state index contributed by atoms with van der Waals surface area (Å²) < 4.78 is 42.5. The first-order valence-electron chi connectivity index (χ1n) is 6.21. The summed E-state index contributed by atoms with van der Waals surface area (Å²) in [6.45, 7) is 0. The van der Waals surface area contributed by atoms with Crippen LogP contribution < -0.4 is 4.74 Å². The van der Waals surface area contributed by atoms with Crippen molar-refractivity contribution >= 4 is 12.0 Å². The minimum Gasteiger partial charge on any atom is -0.504 e. The van der Waals surface area contributed by atoms with Crippen molar-refractivity contribution in [1.82, 2.24) is 0 Å². The van der Waals surface area contributed by atoms with Gasteiger partial charge in [-0.1, -0.05) is 24.3 Å². The van der Waals surface area contributed by atoms with Gasteiger partial charge in [0.15, 0.2) is 11.5 Å². The Balaban J connectivity index is 2.09. The molecule has 22 heavy (non-hydrogen) atoms. The number of carbonyl (C=O) groups excluding carboxylic acids is 1. The number of phenols is 1. The fourth-order valence-electron chi connectivity index (χ4n) is 1.67. The van der Waals surface area contributed by atoms with Crippen molar-refractivity contribution in [2.45, 2.75) is 6.18 Å². The van der Waals surface area contributed by atoms with Crippen LogP contribution in [0.5, 0.6) is 11.5 Å². The summed E-state index contributed by atoms with van der Waals surface area (Å²) in [5, 5.41) is 9.44. The van der Waals surface area contributed by atoms with Crippen molar-refractivity contribution in [1.29, 1.82) is 0 Å². The predicted octanol–water partition coefficient (Wildman–Crippen LogP) is 4.03. The molecule has 0 aliphatic carbocycles. The van der Waals surface area contributed by atoms with Crippen LogP contribution in [0.25, 0.3) is 6.08 Å². The summed E-state index contributed by atoms with van der Waals surface area (Å²) in [6, 6.07) is 10.4. The molecule has 0 heterocycles. The molecule has 0 radical (unpaired) electrons. The molecule has 2 aromatic carbocycles. The molecule has 0 fully saturated rings. The van der Waals surface area contributed by atoms with Gasteiger partial charge >= 0.3 is 12.1 Å². The number of ether oxygens (including phenoxy) is 1. The van der Waals surface area contributed by atoms with Crippen LogP contribution in [0, 0.1) is 0 Å². The van der Waals surface area contributed by atoms with Gasteiger partial charge in [-0.2, -0.15) is 13.2 Å². The van der Waals surface area contributed by atoms with Crippen LogP contribution in [0.1, 0.15) is 11.1 Å². The molecule has 0 aliphatic rings. The van der Waals surface area contributed by atoms with E-state index in [1.807, 2.05) is 0 Å². The fourth-order valence-corrected chi connectivity index (χ4v) is 1.67. The van der Waals surface area contributed by atoms with Gasteiger partial charge in [0.2, 0.25) is 0 Å². The fraction of sp³-hybridized carbons (Fsp3) is 0.0625. The number of para-hydroxylation sites is 2. The second kappa shape index (κ2) is 6.34. The number of aromatic hydroxyl groups is 1. The van der Waals surface area contributed by atoms with Gasteiger partial charge in [0.05, 0.1) is 5.56 Å². The molecule has 0 saturated heterocycles. The number of rotatable bonds is 3. The molecule has 114 valence electrons. The minimum atomic E-state index is -4.44. The van der Waals surface area contributed by atoms with Gasteiger partial charge in [0.25, 0.3) is 0 Å². The third-order valence-electron chi connectivity index (χ3n) is 2.70. The second-order valence-corrected chi connectivity index (χ2v) is 4.35. The molecule has 0 spiro atoms. The molecule has 1 N–H and O–H groups in total. The highest BCUT2D eigenvalue weighted by Gasteiger charge is 2.30. The number of hydrogen-bond donors (Lipinski definition) is 1. The molecular weight excluding hydrogens is 297 g/mol. The first-order chi connectivity index (χ1) is 10.4. The number of alkyl halides is 3. The number of halogens is 3. The third-order valence-corrected chi connectivity index (χ3v) is 2.70. The Bertz CT molecular complexity index is 706. The average molecular weight is 308 g/mol. The molecule has 0 aliphatic heterocycles. The maximum Gasteiger partial charge on any atom is 0.416 e. The largest absolute Gasteiger partial charge is 0.504 e. The molecule has 0 aromatic heterocycles. The van der Waals surface area contributed by atoms with Gasteiger partial charge in [0, 0.05) is 6.08 Å². The number of benzene rings is 2. The standard InChI is InChI=1S/C16H11F3O3/c17-16(18,19)12-5-3-4-11(10-12)8-9-15(21)22-14-7-2-1-6-13(14)20/h1-10,20H/b9-8+. The topological polar surface area (TPSA) is 46.5 Å². The quantitative estimate of drug-likeness (QED) is 0.529. The zero-order valence-electron chi connectivity index (χ0n) is 11.2. The molecule has 0 bridgehead atoms. The Labute approximate surface area is 124 Å². The lowest BCUT2D eigenvalue weighted by molar-refractivity contribution is -0.137. The number of phenolic OH excluding ortho intramolecular Hbond substituents is 1. The Morgan fingerprint density at radius 1 is 1.09 bits per heavy atom. The van der Waals surface area contributed by atoms with Crippen LogP contribution in [0.15, 0.2) is 54.6 Å². The normalized spacial score (nSPS) is 11.6.